The molecule has 0 bridgehead atoms. The largest absolute Gasteiger partial charge is 0.341 e. The molecular weight excluding hydrogens is 333 g/mol. The SMILES string of the molecule is CCN1CCC[C@@H](CN(C)C(=O)c2ccncc2F)[C@@H]1c1cnn(C)c1. The molecule has 1 amide bonds. The number of aryl methyl sites for hydroxylation is 1. The molecule has 1 aliphatic rings. The second kappa shape index (κ2) is 7.95. The van der Waals surface area contributed by atoms with Gasteiger partial charge in [0, 0.05) is 44.6 Å². The molecule has 2 aromatic heterocycles. The van der Waals surface area contributed by atoms with Crippen LogP contribution in [-0.4, -0.2) is 57.2 Å². The van der Waals surface area contributed by atoms with Crippen LogP contribution >= 0.6 is 0 Å². The number of hydrogen-bond acceptors (Lipinski definition) is 4. The Morgan fingerprint density at radius 3 is 2.88 bits per heavy atom. The van der Waals surface area contributed by atoms with Crippen LogP contribution in [0.25, 0.3) is 0 Å². The predicted molar refractivity (Wildman–Crippen MR) is 97.1 cm³/mol. The Morgan fingerprint density at radius 1 is 1.42 bits per heavy atom. The van der Waals surface area contributed by atoms with Crippen LogP contribution in [0.3, 0.4) is 0 Å². The number of hydrogen-bond donors (Lipinski definition) is 0. The molecule has 0 saturated carbocycles. The fraction of sp³-hybridized carbons (Fsp3) is 0.526. The zero-order valence-electron chi connectivity index (χ0n) is 15.6. The van der Waals surface area contributed by atoms with Crippen molar-refractivity contribution in [1.82, 2.24) is 24.6 Å². The van der Waals surface area contributed by atoms with Crippen LogP contribution in [-0.2, 0) is 7.05 Å². The summed E-state index contributed by atoms with van der Waals surface area (Å²) in [5.74, 6) is -0.595. The monoisotopic (exact) mass is 359 g/mol. The number of pyridine rings is 1. The van der Waals surface area contributed by atoms with Crippen molar-refractivity contribution in [2.75, 3.05) is 26.7 Å². The zero-order chi connectivity index (χ0) is 18.7. The fourth-order valence-corrected chi connectivity index (χ4v) is 3.96. The molecule has 2 atom stereocenters. The maximum atomic E-state index is 13.9. The van der Waals surface area contributed by atoms with Gasteiger partial charge in [0.25, 0.3) is 5.91 Å². The molecular formula is C19H26FN5O. The lowest BCUT2D eigenvalue weighted by atomic mass is 9.85. The number of halogens is 1. The zero-order valence-corrected chi connectivity index (χ0v) is 15.6. The smallest absolute Gasteiger partial charge is 0.256 e. The molecule has 1 aliphatic heterocycles. The number of piperidine rings is 1. The Morgan fingerprint density at radius 2 is 2.23 bits per heavy atom. The fourth-order valence-electron chi connectivity index (χ4n) is 3.96. The summed E-state index contributed by atoms with van der Waals surface area (Å²) in [6.07, 6.45) is 8.63. The van der Waals surface area contributed by atoms with Gasteiger partial charge in [-0.15, -0.1) is 0 Å². The van der Waals surface area contributed by atoms with E-state index in [4.69, 9.17) is 0 Å². The van der Waals surface area contributed by atoms with Gasteiger partial charge in [-0.1, -0.05) is 6.92 Å². The van der Waals surface area contributed by atoms with Crippen LogP contribution in [0.1, 0.15) is 41.7 Å². The van der Waals surface area contributed by atoms with E-state index < -0.39 is 5.82 Å². The average Bonchev–Trinajstić information content (AvgIpc) is 3.07. The molecule has 6 nitrogen and oxygen atoms in total. The van der Waals surface area contributed by atoms with Gasteiger partial charge in [-0.3, -0.25) is 19.4 Å². The molecule has 1 saturated heterocycles. The van der Waals surface area contributed by atoms with Crippen molar-refractivity contribution in [2.45, 2.75) is 25.8 Å². The summed E-state index contributed by atoms with van der Waals surface area (Å²) in [6.45, 7) is 4.74. The first-order valence-corrected chi connectivity index (χ1v) is 9.08. The Hall–Kier alpha value is -2.28. The molecule has 140 valence electrons. The number of likely N-dealkylation sites (tertiary alicyclic amines) is 1. The van der Waals surface area contributed by atoms with E-state index in [2.05, 4.69) is 28.1 Å². The van der Waals surface area contributed by atoms with E-state index in [1.54, 1.807) is 11.9 Å². The van der Waals surface area contributed by atoms with Crippen molar-refractivity contribution >= 4 is 5.91 Å². The number of amides is 1. The molecule has 3 heterocycles. The van der Waals surface area contributed by atoms with E-state index in [1.807, 2.05) is 17.9 Å². The van der Waals surface area contributed by atoms with Crippen LogP contribution in [0, 0.1) is 11.7 Å². The van der Waals surface area contributed by atoms with Gasteiger partial charge in [-0.05, 0) is 37.9 Å². The molecule has 0 radical (unpaired) electrons. The normalized spacial score (nSPS) is 20.9. The minimum Gasteiger partial charge on any atom is -0.341 e. The molecule has 26 heavy (non-hydrogen) atoms. The first-order valence-electron chi connectivity index (χ1n) is 9.08. The molecule has 0 unspecified atom stereocenters. The molecule has 3 rings (SSSR count). The van der Waals surface area contributed by atoms with Crippen LogP contribution in [0.15, 0.2) is 30.9 Å². The van der Waals surface area contributed by atoms with E-state index in [9.17, 15) is 9.18 Å². The summed E-state index contributed by atoms with van der Waals surface area (Å²) >= 11 is 0. The molecule has 0 aliphatic carbocycles. The summed E-state index contributed by atoms with van der Waals surface area (Å²) in [5.41, 5.74) is 1.25. The van der Waals surface area contributed by atoms with Crippen LogP contribution in [0.2, 0.25) is 0 Å². The van der Waals surface area contributed by atoms with E-state index in [0.29, 0.717) is 6.54 Å². The number of nitrogens with zero attached hydrogens (tertiary/aromatic N) is 5. The molecule has 0 spiro atoms. The van der Waals surface area contributed by atoms with Crippen molar-refractivity contribution in [3.63, 3.8) is 0 Å². The summed E-state index contributed by atoms with van der Waals surface area (Å²) in [6, 6.07) is 1.66. The highest BCUT2D eigenvalue weighted by Crippen LogP contribution is 2.36. The first kappa shape index (κ1) is 18.5. The van der Waals surface area contributed by atoms with Gasteiger partial charge in [0.1, 0.15) is 0 Å². The van der Waals surface area contributed by atoms with Gasteiger partial charge in [0.2, 0.25) is 0 Å². The van der Waals surface area contributed by atoms with Gasteiger partial charge in [-0.2, -0.15) is 5.10 Å². The molecule has 1 fully saturated rings. The molecule has 7 heteroatoms. The van der Waals surface area contributed by atoms with Crippen molar-refractivity contribution in [3.05, 3.63) is 47.8 Å². The number of carbonyl (C=O) groups is 1. The lowest BCUT2D eigenvalue weighted by Gasteiger charge is -2.42. The molecule has 2 aromatic rings. The van der Waals surface area contributed by atoms with Gasteiger partial charge >= 0.3 is 0 Å². The van der Waals surface area contributed by atoms with Crippen molar-refractivity contribution in [1.29, 1.82) is 0 Å². The summed E-state index contributed by atoms with van der Waals surface area (Å²) < 4.78 is 15.7. The van der Waals surface area contributed by atoms with Crippen LogP contribution in [0.5, 0.6) is 0 Å². The lowest BCUT2D eigenvalue weighted by molar-refractivity contribution is 0.0585. The summed E-state index contributed by atoms with van der Waals surface area (Å²) in [5, 5.41) is 4.32. The number of aromatic nitrogens is 3. The molecule has 0 aromatic carbocycles. The highest BCUT2D eigenvalue weighted by Gasteiger charge is 2.34. The highest BCUT2D eigenvalue weighted by molar-refractivity contribution is 5.94. The Balaban J connectivity index is 1.79. The number of rotatable bonds is 5. The van der Waals surface area contributed by atoms with Crippen molar-refractivity contribution < 1.29 is 9.18 Å². The van der Waals surface area contributed by atoms with E-state index in [0.717, 1.165) is 32.1 Å². The van der Waals surface area contributed by atoms with E-state index in [-0.39, 0.29) is 23.4 Å². The second-order valence-corrected chi connectivity index (χ2v) is 6.96. The third kappa shape index (κ3) is 3.77. The van der Waals surface area contributed by atoms with Gasteiger partial charge in [-0.25, -0.2) is 4.39 Å². The summed E-state index contributed by atoms with van der Waals surface area (Å²) in [4.78, 5) is 20.5. The Kier molecular flexibility index (Phi) is 5.66. The Bertz CT molecular complexity index is 762. The van der Waals surface area contributed by atoms with Crippen LogP contribution in [0.4, 0.5) is 4.39 Å². The second-order valence-electron chi connectivity index (χ2n) is 6.96. The number of carbonyl (C=O) groups excluding carboxylic acids is 1. The maximum absolute atomic E-state index is 13.9. The minimum absolute atomic E-state index is 0.0728. The maximum Gasteiger partial charge on any atom is 0.256 e. The van der Waals surface area contributed by atoms with Gasteiger partial charge in [0.15, 0.2) is 5.82 Å². The van der Waals surface area contributed by atoms with Crippen molar-refractivity contribution in [2.24, 2.45) is 13.0 Å². The topological polar surface area (TPSA) is 54.3 Å². The predicted octanol–water partition coefficient (Wildman–Crippen LogP) is 2.50. The highest BCUT2D eigenvalue weighted by atomic mass is 19.1. The molecule has 0 N–H and O–H groups in total. The summed E-state index contributed by atoms with van der Waals surface area (Å²) in [7, 11) is 3.66. The lowest BCUT2D eigenvalue weighted by Crippen LogP contribution is -2.44. The minimum atomic E-state index is -0.577. The van der Waals surface area contributed by atoms with Crippen LogP contribution < -0.4 is 0 Å². The Labute approximate surface area is 153 Å². The standard InChI is InChI=1S/C19H26FN5O/c1-4-25-9-5-6-14(18(25)15-10-22-24(3)13-15)12-23(2)19(26)16-7-8-21-11-17(16)20/h7-8,10-11,13-14,18H,4-6,9,12H2,1-3H3/t14-,18+/m0/s1. The third-order valence-electron chi connectivity index (χ3n) is 5.19. The van der Waals surface area contributed by atoms with Crippen molar-refractivity contribution in [3.8, 4) is 0 Å². The first-order chi connectivity index (χ1) is 12.5. The van der Waals surface area contributed by atoms with E-state index >= 15 is 0 Å². The van der Waals surface area contributed by atoms with Gasteiger partial charge in [0.05, 0.1) is 18.0 Å². The van der Waals surface area contributed by atoms with E-state index in [1.165, 1.54) is 17.8 Å². The average molecular weight is 359 g/mol. The quantitative estimate of drug-likeness (QED) is 0.823. The van der Waals surface area contributed by atoms with Gasteiger partial charge < -0.3 is 4.90 Å². The third-order valence-corrected chi connectivity index (χ3v) is 5.19.